The van der Waals surface area contributed by atoms with Crippen LogP contribution in [0.5, 0.6) is 0 Å². The molecule has 2 saturated carbocycles. The lowest BCUT2D eigenvalue weighted by Gasteiger charge is -2.30. The van der Waals surface area contributed by atoms with Crippen LogP contribution in [0.3, 0.4) is 0 Å². The summed E-state index contributed by atoms with van der Waals surface area (Å²) in [5.41, 5.74) is 0. The quantitative estimate of drug-likeness (QED) is 0.597. The Labute approximate surface area is 138 Å². The van der Waals surface area contributed by atoms with Gasteiger partial charge in [0.2, 0.25) is 0 Å². The van der Waals surface area contributed by atoms with Crippen molar-refractivity contribution < 1.29 is 24.5 Å². The Hall–Kier alpha value is -0.690. The Morgan fingerprint density at radius 2 is 1.78 bits per heavy atom. The van der Waals surface area contributed by atoms with Gasteiger partial charge >= 0.3 is 5.97 Å². The number of carboxylic acid groups (broad SMARTS) is 1. The first kappa shape index (κ1) is 18.6. The molecule has 0 aromatic carbocycles. The predicted octanol–water partition coefficient (Wildman–Crippen LogP) is 1.70. The molecule has 23 heavy (non-hydrogen) atoms. The molecule has 3 unspecified atom stereocenters. The van der Waals surface area contributed by atoms with Gasteiger partial charge in [-0.1, -0.05) is 19.3 Å². The van der Waals surface area contributed by atoms with Crippen molar-refractivity contribution in [3.05, 3.63) is 0 Å². The smallest absolute Gasteiger partial charge is 0.329 e. The van der Waals surface area contributed by atoms with E-state index in [4.69, 9.17) is 14.6 Å². The predicted molar refractivity (Wildman–Crippen MR) is 86.5 cm³/mol. The molecule has 0 aromatic heterocycles. The summed E-state index contributed by atoms with van der Waals surface area (Å²) in [4.78, 5) is 10.6. The van der Waals surface area contributed by atoms with Crippen molar-refractivity contribution in [2.75, 3.05) is 19.8 Å². The third-order valence-electron chi connectivity index (χ3n) is 4.79. The fourth-order valence-electron chi connectivity index (χ4n) is 3.51. The van der Waals surface area contributed by atoms with Gasteiger partial charge in [0.25, 0.3) is 0 Å². The average molecular weight is 329 g/mol. The summed E-state index contributed by atoms with van der Waals surface area (Å²) in [6, 6.07) is 0.284. The second-order valence-corrected chi connectivity index (χ2v) is 6.85. The summed E-state index contributed by atoms with van der Waals surface area (Å²) in [5.74, 6) is -0.921. The lowest BCUT2D eigenvalue weighted by Crippen LogP contribution is -2.42. The normalized spacial score (nSPS) is 27.7. The Bertz CT molecular complexity index is 346. The molecular weight excluding hydrogens is 298 g/mol. The largest absolute Gasteiger partial charge is 0.480 e. The molecule has 0 saturated heterocycles. The molecule has 0 heterocycles. The van der Waals surface area contributed by atoms with E-state index in [1.165, 1.54) is 19.3 Å². The molecule has 0 amide bonds. The van der Waals surface area contributed by atoms with Gasteiger partial charge in [0, 0.05) is 12.6 Å². The van der Waals surface area contributed by atoms with Crippen molar-refractivity contribution in [2.24, 2.45) is 0 Å². The number of aliphatic hydroxyl groups excluding tert-OH is 1. The zero-order valence-corrected chi connectivity index (χ0v) is 13.9. The molecular formula is C17H31NO5. The van der Waals surface area contributed by atoms with Gasteiger partial charge in [0.1, 0.15) is 6.61 Å². The molecule has 2 rings (SSSR count). The van der Waals surface area contributed by atoms with Crippen LogP contribution in [0.4, 0.5) is 0 Å². The highest BCUT2D eigenvalue weighted by molar-refractivity contribution is 5.68. The molecule has 0 aromatic rings. The third kappa shape index (κ3) is 7.61. The Morgan fingerprint density at radius 1 is 1.04 bits per heavy atom. The molecule has 134 valence electrons. The number of aliphatic carboxylic acids is 1. The highest BCUT2D eigenvalue weighted by atomic mass is 16.5. The lowest BCUT2D eigenvalue weighted by molar-refractivity contribution is -0.145. The third-order valence-corrected chi connectivity index (χ3v) is 4.79. The van der Waals surface area contributed by atoms with Gasteiger partial charge in [-0.3, -0.25) is 0 Å². The lowest BCUT2D eigenvalue weighted by atomic mass is 9.92. The molecule has 3 N–H and O–H groups in total. The number of nitrogens with one attached hydrogen (secondary N) is 1. The number of carboxylic acids is 1. The SMILES string of the molecule is O=C(O)COC1CCCC(NCC(O)COC2CCCCC2)C1. The Balaban J connectivity index is 1.57. The van der Waals surface area contributed by atoms with Crippen molar-refractivity contribution in [3.63, 3.8) is 0 Å². The van der Waals surface area contributed by atoms with Gasteiger partial charge in [-0.2, -0.15) is 0 Å². The number of carbonyl (C=O) groups is 1. The van der Waals surface area contributed by atoms with Gasteiger partial charge in [0.05, 0.1) is 24.9 Å². The van der Waals surface area contributed by atoms with E-state index in [2.05, 4.69) is 5.32 Å². The number of hydrogen-bond donors (Lipinski definition) is 3. The average Bonchev–Trinajstić information content (AvgIpc) is 2.57. The van der Waals surface area contributed by atoms with E-state index in [1.54, 1.807) is 0 Å². The van der Waals surface area contributed by atoms with Crippen molar-refractivity contribution in [3.8, 4) is 0 Å². The fourth-order valence-corrected chi connectivity index (χ4v) is 3.51. The topological polar surface area (TPSA) is 88.0 Å². The molecule has 0 radical (unpaired) electrons. The number of aliphatic hydroxyl groups is 1. The monoisotopic (exact) mass is 329 g/mol. The van der Waals surface area contributed by atoms with Crippen LogP contribution >= 0.6 is 0 Å². The molecule has 2 fully saturated rings. The van der Waals surface area contributed by atoms with Crippen LogP contribution in [0.1, 0.15) is 57.8 Å². The first-order valence-corrected chi connectivity index (χ1v) is 9.00. The van der Waals surface area contributed by atoms with Crippen LogP contribution in [-0.2, 0) is 14.3 Å². The summed E-state index contributed by atoms with van der Waals surface area (Å²) < 4.78 is 11.2. The van der Waals surface area contributed by atoms with Gasteiger partial charge < -0.3 is 25.0 Å². The van der Waals surface area contributed by atoms with Crippen molar-refractivity contribution in [2.45, 2.75) is 82.1 Å². The highest BCUT2D eigenvalue weighted by Gasteiger charge is 2.23. The Kier molecular flexibility index (Phi) is 8.30. The zero-order valence-electron chi connectivity index (χ0n) is 13.9. The van der Waals surface area contributed by atoms with E-state index in [0.29, 0.717) is 19.3 Å². The molecule has 0 aliphatic heterocycles. The molecule has 6 heteroatoms. The second-order valence-electron chi connectivity index (χ2n) is 6.85. The summed E-state index contributed by atoms with van der Waals surface area (Å²) >= 11 is 0. The van der Waals surface area contributed by atoms with E-state index < -0.39 is 12.1 Å². The Morgan fingerprint density at radius 3 is 2.52 bits per heavy atom. The first-order chi connectivity index (χ1) is 11.1. The number of ether oxygens (including phenoxy) is 2. The maximum atomic E-state index is 10.6. The van der Waals surface area contributed by atoms with E-state index in [9.17, 15) is 9.90 Å². The molecule has 0 spiro atoms. The summed E-state index contributed by atoms with van der Waals surface area (Å²) in [6.45, 7) is 0.682. The van der Waals surface area contributed by atoms with Crippen LogP contribution < -0.4 is 5.32 Å². The van der Waals surface area contributed by atoms with E-state index in [-0.39, 0.29) is 18.8 Å². The molecule has 2 aliphatic rings. The fraction of sp³-hybridized carbons (Fsp3) is 0.941. The number of hydrogen-bond acceptors (Lipinski definition) is 5. The highest BCUT2D eigenvalue weighted by Crippen LogP contribution is 2.22. The van der Waals surface area contributed by atoms with Gasteiger partial charge in [-0.05, 0) is 38.5 Å². The first-order valence-electron chi connectivity index (χ1n) is 9.00. The minimum absolute atomic E-state index is 0.00739. The van der Waals surface area contributed by atoms with Crippen LogP contribution in [0.25, 0.3) is 0 Å². The van der Waals surface area contributed by atoms with Crippen LogP contribution in [0.2, 0.25) is 0 Å². The maximum absolute atomic E-state index is 10.6. The molecule has 6 nitrogen and oxygen atoms in total. The van der Waals surface area contributed by atoms with Gasteiger partial charge in [-0.15, -0.1) is 0 Å². The summed E-state index contributed by atoms with van der Waals surface area (Å²) in [6.07, 6.45) is 9.64. The van der Waals surface area contributed by atoms with Gasteiger partial charge in [0.15, 0.2) is 0 Å². The summed E-state index contributed by atoms with van der Waals surface area (Å²) in [7, 11) is 0. The van der Waals surface area contributed by atoms with Crippen LogP contribution in [0, 0.1) is 0 Å². The maximum Gasteiger partial charge on any atom is 0.329 e. The van der Waals surface area contributed by atoms with Crippen molar-refractivity contribution in [1.82, 2.24) is 5.32 Å². The molecule has 3 atom stereocenters. The van der Waals surface area contributed by atoms with E-state index in [0.717, 1.165) is 38.5 Å². The zero-order chi connectivity index (χ0) is 16.5. The van der Waals surface area contributed by atoms with Crippen LogP contribution in [-0.4, -0.2) is 60.3 Å². The van der Waals surface area contributed by atoms with Crippen LogP contribution in [0.15, 0.2) is 0 Å². The summed E-state index contributed by atoms with van der Waals surface area (Å²) in [5, 5.41) is 22.1. The second kappa shape index (κ2) is 10.2. The van der Waals surface area contributed by atoms with E-state index in [1.807, 2.05) is 0 Å². The minimum Gasteiger partial charge on any atom is -0.480 e. The van der Waals surface area contributed by atoms with Crippen molar-refractivity contribution >= 4 is 5.97 Å². The minimum atomic E-state index is -0.921. The van der Waals surface area contributed by atoms with Crippen molar-refractivity contribution in [1.29, 1.82) is 0 Å². The van der Waals surface area contributed by atoms with E-state index >= 15 is 0 Å². The van der Waals surface area contributed by atoms with Gasteiger partial charge in [-0.25, -0.2) is 4.79 Å². The standard InChI is InChI=1S/C17H31NO5/c19-14(11-22-15-6-2-1-3-7-15)10-18-13-5-4-8-16(9-13)23-12-17(20)21/h13-16,18-19H,1-12H2,(H,20,21). The molecule has 2 aliphatic carbocycles. The number of rotatable bonds is 9. The molecule has 0 bridgehead atoms.